The minimum absolute atomic E-state index is 1.14. The van der Waals surface area contributed by atoms with Crippen molar-refractivity contribution >= 4 is 33.6 Å². The van der Waals surface area contributed by atoms with Crippen LogP contribution in [0.4, 0.5) is 0 Å². The molecule has 0 saturated heterocycles. The lowest BCUT2D eigenvalue weighted by Crippen LogP contribution is -2.42. The molecule has 0 radical (unpaired) electrons. The Morgan fingerprint density at radius 1 is 0.696 bits per heavy atom. The molecule has 0 aliphatic rings. The Balaban J connectivity index is -0.000000329. The fourth-order valence-electron chi connectivity index (χ4n) is 0.714. The van der Waals surface area contributed by atoms with Crippen molar-refractivity contribution in [1.29, 1.82) is 0 Å². The normalized spacial score (nSPS) is 11.3. The number of carboxylic acid groups (broad SMARTS) is 3. The van der Waals surface area contributed by atoms with Crippen molar-refractivity contribution in [3.63, 3.8) is 0 Å². The molecule has 0 heterocycles. The van der Waals surface area contributed by atoms with Crippen LogP contribution in [0, 0.1) is 0 Å². The van der Waals surface area contributed by atoms with E-state index >= 15 is 0 Å². The largest absolute Gasteiger partial charge is 0.481 e. The third-order valence-electron chi connectivity index (χ3n) is 1.29. The second kappa shape index (κ2) is 10.4. The van der Waals surface area contributed by atoms with Crippen LogP contribution in [-0.2, 0) is 23.5 Å². The summed E-state index contributed by atoms with van der Waals surface area (Å²) in [6.07, 6.45) is -2.29. The Morgan fingerprint density at radius 2 is 0.870 bits per heavy atom. The molecular weight excluding hydrogens is 374 g/mol. The highest BCUT2D eigenvalue weighted by molar-refractivity contribution is 7.45. The fourth-order valence-corrected chi connectivity index (χ4v) is 0.714. The minimum atomic E-state index is -4.64. The van der Waals surface area contributed by atoms with Gasteiger partial charge in [0.15, 0.2) is 5.60 Å². The Bertz CT molecular complexity index is 446. The standard InChI is InChI=1S/C6H8O7.2H3O4P/c7-3(8)1-6(13,5(11)12)2-4(9)10;2*1-5(2,3)4/h13H,1-2H2,(H,7,8)(H,9,10)(H,11,12);2*(H3,1,2,3,4). The summed E-state index contributed by atoms with van der Waals surface area (Å²) < 4.78 is 17.8. The van der Waals surface area contributed by atoms with Crippen molar-refractivity contribution in [1.82, 2.24) is 0 Å². The second-order valence-electron chi connectivity index (χ2n) is 3.50. The summed E-state index contributed by atoms with van der Waals surface area (Å²) in [5, 5.41) is 33.8. The van der Waals surface area contributed by atoms with Gasteiger partial charge in [-0.2, -0.15) is 0 Å². The molecule has 0 aromatic rings. The molecule has 0 saturated carbocycles. The highest BCUT2D eigenvalue weighted by Gasteiger charge is 2.40. The van der Waals surface area contributed by atoms with E-state index < -0.39 is 52.0 Å². The molecular formula is C6H14O15P2. The van der Waals surface area contributed by atoms with Crippen molar-refractivity contribution in [3.05, 3.63) is 0 Å². The fraction of sp³-hybridized carbons (Fsp3) is 0.500. The lowest BCUT2D eigenvalue weighted by atomic mass is 9.96. The van der Waals surface area contributed by atoms with Gasteiger partial charge in [0.05, 0.1) is 12.8 Å². The molecule has 138 valence electrons. The first-order valence-electron chi connectivity index (χ1n) is 4.74. The Labute approximate surface area is 126 Å². The van der Waals surface area contributed by atoms with Gasteiger partial charge in [-0.3, -0.25) is 9.59 Å². The number of aliphatic hydroxyl groups is 1. The van der Waals surface area contributed by atoms with E-state index in [9.17, 15) is 14.4 Å². The van der Waals surface area contributed by atoms with Gasteiger partial charge >= 0.3 is 33.6 Å². The number of carbonyl (C=O) groups is 3. The average molecular weight is 388 g/mol. The van der Waals surface area contributed by atoms with E-state index in [0.29, 0.717) is 0 Å². The number of hydrogen-bond donors (Lipinski definition) is 10. The molecule has 17 heteroatoms. The molecule has 0 bridgehead atoms. The lowest BCUT2D eigenvalue weighted by molar-refractivity contribution is -0.170. The van der Waals surface area contributed by atoms with Crippen LogP contribution in [0.1, 0.15) is 12.8 Å². The van der Waals surface area contributed by atoms with Crippen molar-refractivity contribution in [2.24, 2.45) is 0 Å². The molecule has 0 spiro atoms. The van der Waals surface area contributed by atoms with E-state index in [2.05, 4.69) is 0 Å². The summed E-state index contributed by atoms with van der Waals surface area (Å²) in [7, 11) is -9.28. The van der Waals surface area contributed by atoms with Crippen molar-refractivity contribution in [3.8, 4) is 0 Å². The highest BCUT2D eigenvalue weighted by Crippen LogP contribution is 2.26. The maximum Gasteiger partial charge on any atom is 0.466 e. The summed E-state index contributed by atoms with van der Waals surface area (Å²) in [4.78, 5) is 73.6. The highest BCUT2D eigenvalue weighted by atomic mass is 31.2. The third kappa shape index (κ3) is 33.4. The average Bonchev–Trinajstić information content (AvgIpc) is 2.07. The van der Waals surface area contributed by atoms with Crippen LogP contribution >= 0.6 is 15.6 Å². The Kier molecular flexibility index (Phi) is 12.0. The van der Waals surface area contributed by atoms with Crippen LogP contribution in [-0.4, -0.2) is 73.3 Å². The Hall–Kier alpha value is -1.41. The van der Waals surface area contributed by atoms with Gasteiger partial charge in [0.25, 0.3) is 0 Å². The van der Waals surface area contributed by atoms with Gasteiger partial charge in [-0.25, -0.2) is 13.9 Å². The topological polar surface area (TPSA) is 288 Å². The van der Waals surface area contributed by atoms with Crippen molar-refractivity contribution < 1.29 is 73.3 Å². The van der Waals surface area contributed by atoms with Crippen LogP contribution < -0.4 is 0 Å². The van der Waals surface area contributed by atoms with Gasteiger partial charge in [0.1, 0.15) is 0 Å². The molecule has 0 rings (SSSR count). The maximum atomic E-state index is 10.3. The monoisotopic (exact) mass is 388 g/mol. The molecule has 0 fully saturated rings. The molecule has 15 nitrogen and oxygen atoms in total. The summed E-state index contributed by atoms with van der Waals surface area (Å²) >= 11 is 0. The van der Waals surface area contributed by atoms with Gasteiger partial charge < -0.3 is 49.8 Å². The molecule has 10 N–H and O–H groups in total. The molecule has 0 aromatic carbocycles. The Morgan fingerprint density at radius 3 is 0.957 bits per heavy atom. The van der Waals surface area contributed by atoms with Gasteiger partial charge in [-0.05, 0) is 0 Å². The zero-order valence-electron chi connectivity index (χ0n) is 10.8. The molecule has 0 aliphatic heterocycles. The van der Waals surface area contributed by atoms with E-state index in [0.717, 1.165) is 0 Å². The van der Waals surface area contributed by atoms with Crippen LogP contribution in [0.15, 0.2) is 0 Å². The molecule has 0 amide bonds. The van der Waals surface area contributed by atoms with Crippen LogP contribution in [0.3, 0.4) is 0 Å². The van der Waals surface area contributed by atoms with Crippen LogP contribution in [0.5, 0.6) is 0 Å². The van der Waals surface area contributed by atoms with E-state index in [1.807, 2.05) is 0 Å². The van der Waals surface area contributed by atoms with E-state index in [1.54, 1.807) is 0 Å². The first kappa shape index (κ1) is 26.5. The predicted octanol–water partition coefficient (Wildman–Crippen LogP) is -3.11. The zero-order chi connectivity index (χ0) is 19.6. The number of carboxylic acids is 3. The number of hydrogen-bond acceptors (Lipinski definition) is 6. The number of phosphoric acid groups is 2. The van der Waals surface area contributed by atoms with Gasteiger partial charge in [-0.1, -0.05) is 0 Å². The zero-order valence-corrected chi connectivity index (χ0v) is 12.6. The molecule has 0 atom stereocenters. The first-order chi connectivity index (χ1) is 9.78. The van der Waals surface area contributed by atoms with Gasteiger partial charge in [0, 0.05) is 0 Å². The van der Waals surface area contributed by atoms with Crippen LogP contribution in [0.2, 0.25) is 0 Å². The van der Waals surface area contributed by atoms with Gasteiger partial charge in [0.2, 0.25) is 0 Å². The lowest BCUT2D eigenvalue weighted by Gasteiger charge is -2.18. The molecule has 0 aliphatic carbocycles. The van der Waals surface area contributed by atoms with E-state index in [1.165, 1.54) is 0 Å². The van der Waals surface area contributed by atoms with Crippen molar-refractivity contribution in [2.45, 2.75) is 18.4 Å². The molecule has 0 aromatic heterocycles. The first-order valence-corrected chi connectivity index (χ1v) is 7.87. The van der Waals surface area contributed by atoms with E-state index in [4.69, 9.17) is 58.9 Å². The smallest absolute Gasteiger partial charge is 0.466 e. The summed E-state index contributed by atoms with van der Waals surface area (Å²) in [5.74, 6) is -5.02. The quantitative estimate of drug-likeness (QED) is 0.208. The second-order valence-corrected chi connectivity index (χ2v) is 5.56. The minimum Gasteiger partial charge on any atom is -0.481 e. The number of aliphatic carboxylic acids is 3. The molecule has 23 heavy (non-hydrogen) atoms. The number of rotatable bonds is 5. The summed E-state index contributed by atoms with van der Waals surface area (Å²) in [6, 6.07) is 0. The van der Waals surface area contributed by atoms with Gasteiger partial charge in [-0.15, -0.1) is 0 Å². The summed E-state index contributed by atoms with van der Waals surface area (Å²) in [5.41, 5.74) is -2.74. The SMILES string of the molecule is O=C(O)CC(O)(CC(=O)O)C(=O)O.O=P(O)(O)O.O=P(O)(O)O. The summed E-state index contributed by atoms with van der Waals surface area (Å²) in [6.45, 7) is 0. The third-order valence-corrected chi connectivity index (χ3v) is 1.29. The molecule has 0 unspecified atom stereocenters. The predicted molar refractivity (Wildman–Crippen MR) is 65.6 cm³/mol. The maximum absolute atomic E-state index is 10.3. The van der Waals surface area contributed by atoms with E-state index in [-0.39, 0.29) is 0 Å². The van der Waals surface area contributed by atoms with Crippen molar-refractivity contribution in [2.75, 3.05) is 0 Å². The van der Waals surface area contributed by atoms with Crippen LogP contribution in [0.25, 0.3) is 0 Å².